The Labute approximate surface area is 177 Å². The first-order valence-corrected chi connectivity index (χ1v) is 9.17. The van der Waals surface area contributed by atoms with Crippen LogP contribution in [0.5, 0.6) is 11.6 Å². The molecule has 0 saturated carbocycles. The minimum Gasteiger partial charge on any atom is -0.496 e. The standard InChI is InChI=1S/C18H15BrF3N5O3/c1-29-13-4-3-11(19)7-10(13)8-23-17(28)12-9-24-27(16(12)18(20,21)22)14-5-6-15(30-2)26-25-14/h3-7,9H,8H2,1-2H3,(H,23,28). The van der Waals surface area contributed by atoms with Gasteiger partial charge in [0.2, 0.25) is 5.88 Å². The van der Waals surface area contributed by atoms with E-state index in [-0.39, 0.29) is 18.2 Å². The normalized spacial score (nSPS) is 11.3. The van der Waals surface area contributed by atoms with Gasteiger partial charge in [-0.15, -0.1) is 10.2 Å². The molecule has 2 aromatic heterocycles. The number of hydrogen-bond acceptors (Lipinski definition) is 6. The number of carbonyl (C=O) groups is 1. The second-order valence-electron chi connectivity index (χ2n) is 5.89. The number of hydrogen-bond donors (Lipinski definition) is 1. The maximum atomic E-state index is 13.7. The highest BCUT2D eigenvalue weighted by molar-refractivity contribution is 9.10. The van der Waals surface area contributed by atoms with Crippen LogP contribution in [0.15, 0.2) is 41.0 Å². The van der Waals surface area contributed by atoms with Gasteiger partial charge in [0.05, 0.1) is 26.0 Å². The summed E-state index contributed by atoms with van der Waals surface area (Å²) in [4.78, 5) is 12.5. The number of nitrogens with one attached hydrogen (secondary N) is 1. The molecule has 0 atom stereocenters. The lowest BCUT2D eigenvalue weighted by molar-refractivity contribution is -0.143. The van der Waals surface area contributed by atoms with Crippen LogP contribution in [-0.4, -0.2) is 40.1 Å². The molecule has 1 amide bonds. The van der Waals surface area contributed by atoms with E-state index in [4.69, 9.17) is 9.47 Å². The molecule has 0 radical (unpaired) electrons. The van der Waals surface area contributed by atoms with Crippen LogP contribution in [0.4, 0.5) is 13.2 Å². The Morgan fingerprint density at radius 1 is 1.17 bits per heavy atom. The van der Waals surface area contributed by atoms with E-state index in [0.29, 0.717) is 16.0 Å². The van der Waals surface area contributed by atoms with Crippen molar-refractivity contribution < 1.29 is 27.4 Å². The fraction of sp³-hybridized carbons (Fsp3) is 0.222. The Balaban J connectivity index is 1.91. The monoisotopic (exact) mass is 485 g/mol. The largest absolute Gasteiger partial charge is 0.496 e. The summed E-state index contributed by atoms with van der Waals surface area (Å²) in [5, 5.41) is 13.5. The molecule has 30 heavy (non-hydrogen) atoms. The highest BCUT2D eigenvalue weighted by Gasteiger charge is 2.41. The number of aromatic nitrogens is 4. The van der Waals surface area contributed by atoms with E-state index in [2.05, 4.69) is 36.5 Å². The second kappa shape index (κ2) is 8.69. The van der Waals surface area contributed by atoms with Gasteiger partial charge in [-0.1, -0.05) is 15.9 Å². The van der Waals surface area contributed by atoms with Gasteiger partial charge < -0.3 is 14.8 Å². The molecule has 8 nitrogen and oxygen atoms in total. The van der Waals surface area contributed by atoms with Crippen molar-refractivity contribution in [3.8, 4) is 17.4 Å². The maximum Gasteiger partial charge on any atom is 0.434 e. The quantitative estimate of drug-likeness (QED) is 0.575. The Bertz CT molecular complexity index is 1050. The first kappa shape index (κ1) is 21.6. The zero-order chi connectivity index (χ0) is 21.9. The van der Waals surface area contributed by atoms with Crippen molar-refractivity contribution in [3.05, 3.63) is 57.8 Å². The number of nitrogens with zero attached hydrogens (tertiary/aromatic N) is 4. The molecule has 0 unspecified atom stereocenters. The number of ether oxygens (including phenoxy) is 2. The summed E-state index contributed by atoms with van der Waals surface area (Å²) in [7, 11) is 2.80. The van der Waals surface area contributed by atoms with E-state index in [0.717, 1.165) is 10.7 Å². The molecule has 3 rings (SSSR count). The van der Waals surface area contributed by atoms with Crippen molar-refractivity contribution in [2.75, 3.05) is 14.2 Å². The third kappa shape index (κ3) is 4.53. The van der Waals surface area contributed by atoms with Gasteiger partial charge in [-0.25, -0.2) is 4.68 Å². The molecular formula is C18H15BrF3N5O3. The number of amides is 1. The van der Waals surface area contributed by atoms with Crippen LogP contribution in [0.25, 0.3) is 5.82 Å². The first-order valence-electron chi connectivity index (χ1n) is 8.38. The van der Waals surface area contributed by atoms with Crippen molar-refractivity contribution in [1.29, 1.82) is 0 Å². The Hall–Kier alpha value is -3.15. The predicted octanol–water partition coefficient (Wildman–Crippen LogP) is 3.39. The summed E-state index contributed by atoms with van der Waals surface area (Å²) in [5.74, 6) is -0.549. The molecule has 0 spiro atoms. The van der Waals surface area contributed by atoms with Gasteiger partial charge in [0.1, 0.15) is 5.75 Å². The fourth-order valence-electron chi connectivity index (χ4n) is 2.65. The Kier molecular flexibility index (Phi) is 6.25. The predicted molar refractivity (Wildman–Crippen MR) is 103 cm³/mol. The van der Waals surface area contributed by atoms with Gasteiger partial charge in [0, 0.05) is 22.6 Å². The van der Waals surface area contributed by atoms with Crippen LogP contribution >= 0.6 is 15.9 Å². The van der Waals surface area contributed by atoms with E-state index in [1.165, 1.54) is 26.4 Å². The van der Waals surface area contributed by atoms with Gasteiger partial charge in [-0.3, -0.25) is 4.79 Å². The SMILES string of the molecule is COc1ccc(-n2ncc(C(=O)NCc3cc(Br)ccc3OC)c2C(F)(F)F)nn1. The van der Waals surface area contributed by atoms with Crippen LogP contribution < -0.4 is 14.8 Å². The fourth-order valence-corrected chi connectivity index (χ4v) is 3.06. The Morgan fingerprint density at radius 2 is 1.93 bits per heavy atom. The molecule has 0 bridgehead atoms. The average molecular weight is 486 g/mol. The smallest absolute Gasteiger partial charge is 0.434 e. The molecule has 1 aromatic carbocycles. The van der Waals surface area contributed by atoms with Gasteiger partial charge >= 0.3 is 6.18 Å². The van der Waals surface area contributed by atoms with E-state index in [1.807, 2.05) is 0 Å². The number of halogens is 4. The number of alkyl halides is 3. The Morgan fingerprint density at radius 3 is 2.53 bits per heavy atom. The van der Waals surface area contributed by atoms with E-state index < -0.39 is 23.3 Å². The van der Waals surface area contributed by atoms with Crippen LogP contribution in [0.2, 0.25) is 0 Å². The van der Waals surface area contributed by atoms with Gasteiger partial charge in [0.15, 0.2) is 11.5 Å². The van der Waals surface area contributed by atoms with Crippen molar-refractivity contribution in [2.45, 2.75) is 12.7 Å². The molecule has 0 aliphatic carbocycles. The van der Waals surface area contributed by atoms with Crippen molar-refractivity contribution in [1.82, 2.24) is 25.3 Å². The lowest BCUT2D eigenvalue weighted by atomic mass is 10.2. The third-order valence-corrected chi connectivity index (χ3v) is 4.51. The molecule has 3 aromatic rings. The van der Waals surface area contributed by atoms with E-state index >= 15 is 0 Å². The summed E-state index contributed by atoms with van der Waals surface area (Å²) >= 11 is 3.30. The second-order valence-corrected chi connectivity index (χ2v) is 6.80. The molecule has 2 heterocycles. The minimum atomic E-state index is -4.86. The number of rotatable bonds is 6. The zero-order valence-electron chi connectivity index (χ0n) is 15.7. The summed E-state index contributed by atoms with van der Waals surface area (Å²) < 4.78 is 52.5. The van der Waals surface area contributed by atoms with Gasteiger partial charge in [-0.2, -0.15) is 18.3 Å². The molecular weight excluding hydrogens is 471 g/mol. The minimum absolute atomic E-state index is 0.0493. The summed E-state index contributed by atoms with van der Waals surface area (Å²) in [5.41, 5.74) is -1.32. The topological polar surface area (TPSA) is 91.2 Å². The molecule has 0 aliphatic rings. The molecule has 0 saturated heterocycles. The molecule has 1 N–H and O–H groups in total. The van der Waals surface area contributed by atoms with Gasteiger partial charge in [-0.05, 0) is 24.3 Å². The summed E-state index contributed by atoms with van der Waals surface area (Å²) in [6.07, 6.45) is -4.03. The molecule has 12 heteroatoms. The van der Waals surface area contributed by atoms with Gasteiger partial charge in [0.25, 0.3) is 5.91 Å². The first-order chi connectivity index (χ1) is 14.2. The number of benzene rings is 1. The van der Waals surface area contributed by atoms with Crippen molar-refractivity contribution >= 4 is 21.8 Å². The number of carbonyl (C=O) groups excluding carboxylic acids is 1. The summed E-state index contributed by atoms with van der Waals surface area (Å²) in [6.45, 7) is -0.0493. The van der Waals surface area contributed by atoms with Crippen LogP contribution in [0, 0.1) is 0 Å². The lowest BCUT2D eigenvalue weighted by Gasteiger charge is -2.13. The summed E-state index contributed by atoms with van der Waals surface area (Å²) in [6, 6.07) is 7.70. The molecule has 158 valence electrons. The van der Waals surface area contributed by atoms with E-state index in [9.17, 15) is 18.0 Å². The molecule has 0 aliphatic heterocycles. The van der Waals surface area contributed by atoms with Crippen LogP contribution in [0.3, 0.4) is 0 Å². The average Bonchev–Trinajstić information content (AvgIpc) is 3.18. The van der Waals surface area contributed by atoms with Crippen LogP contribution in [-0.2, 0) is 12.7 Å². The number of methoxy groups -OCH3 is 2. The van der Waals surface area contributed by atoms with Crippen LogP contribution in [0.1, 0.15) is 21.6 Å². The highest BCUT2D eigenvalue weighted by Crippen LogP contribution is 2.33. The lowest BCUT2D eigenvalue weighted by Crippen LogP contribution is -2.26. The van der Waals surface area contributed by atoms with Crippen molar-refractivity contribution in [3.63, 3.8) is 0 Å². The maximum absolute atomic E-state index is 13.7. The zero-order valence-corrected chi connectivity index (χ0v) is 17.3. The van der Waals surface area contributed by atoms with E-state index in [1.54, 1.807) is 18.2 Å². The highest BCUT2D eigenvalue weighted by atomic mass is 79.9. The van der Waals surface area contributed by atoms with Crippen molar-refractivity contribution in [2.24, 2.45) is 0 Å². The molecule has 0 fully saturated rings. The third-order valence-electron chi connectivity index (χ3n) is 4.02.